The number of amides is 1. The summed E-state index contributed by atoms with van der Waals surface area (Å²) in [6.45, 7) is 3.44. The van der Waals surface area contributed by atoms with Crippen molar-refractivity contribution in [2.45, 2.75) is 13.8 Å². The first-order chi connectivity index (χ1) is 11.5. The maximum Gasteiger partial charge on any atom is 0.271 e. The predicted octanol–water partition coefficient (Wildman–Crippen LogP) is 3.73. The van der Waals surface area contributed by atoms with Crippen LogP contribution < -0.4 is 5.73 Å². The number of allylic oxidation sites excluding steroid dienone is 3. The van der Waals surface area contributed by atoms with E-state index in [1.165, 1.54) is 12.3 Å². The first-order valence-corrected chi connectivity index (χ1v) is 7.05. The highest BCUT2D eigenvalue weighted by atomic mass is 19.1. The Morgan fingerprint density at radius 1 is 1.29 bits per heavy atom. The summed E-state index contributed by atoms with van der Waals surface area (Å²) in [6, 6.07) is 3.35. The van der Waals surface area contributed by atoms with Crippen LogP contribution in [0, 0.1) is 11.6 Å². The van der Waals surface area contributed by atoms with Crippen molar-refractivity contribution in [3.8, 4) is 11.5 Å². The van der Waals surface area contributed by atoms with Gasteiger partial charge in [-0.25, -0.2) is 13.8 Å². The molecule has 124 valence electrons. The van der Waals surface area contributed by atoms with Gasteiger partial charge in [-0.3, -0.25) is 9.79 Å². The van der Waals surface area contributed by atoms with Crippen LogP contribution in [0.2, 0.25) is 0 Å². The highest BCUT2D eigenvalue weighted by molar-refractivity contribution is 5.96. The third-order valence-corrected chi connectivity index (χ3v) is 3.10. The average Bonchev–Trinajstić information content (AvgIpc) is 2.96. The first kappa shape index (κ1) is 17.3. The summed E-state index contributed by atoms with van der Waals surface area (Å²) >= 11 is 0. The molecule has 24 heavy (non-hydrogen) atoms. The van der Waals surface area contributed by atoms with E-state index in [-0.39, 0.29) is 17.3 Å². The van der Waals surface area contributed by atoms with Crippen LogP contribution in [0.1, 0.15) is 30.1 Å². The lowest BCUT2D eigenvalue weighted by Crippen LogP contribution is -2.13. The van der Waals surface area contributed by atoms with Gasteiger partial charge in [0.15, 0.2) is 11.5 Å². The third-order valence-electron chi connectivity index (χ3n) is 3.10. The highest BCUT2D eigenvalue weighted by Crippen LogP contribution is 2.30. The Bertz CT molecular complexity index is 831. The van der Waals surface area contributed by atoms with Crippen molar-refractivity contribution in [2.75, 3.05) is 0 Å². The lowest BCUT2D eigenvalue weighted by atomic mass is 10.1. The van der Waals surface area contributed by atoms with Crippen LogP contribution in [-0.2, 0) is 0 Å². The van der Waals surface area contributed by atoms with Crippen molar-refractivity contribution >= 4 is 17.7 Å². The summed E-state index contributed by atoms with van der Waals surface area (Å²) in [7, 11) is 0. The number of nitrogens with zero attached hydrogens (tertiary/aromatic N) is 2. The SMILES string of the molecule is CC=N/C=C\C(=C/C)c1oc(-c2c(F)cccc2F)nc1C(N)=O. The number of primary amides is 1. The van der Waals surface area contributed by atoms with Crippen LogP contribution in [0.25, 0.3) is 17.0 Å². The van der Waals surface area contributed by atoms with E-state index in [0.29, 0.717) is 5.57 Å². The van der Waals surface area contributed by atoms with Crippen LogP contribution >= 0.6 is 0 Å². The fourth-order valence-electron chi connectivity index (χ4n) is 2.00. The summed E-state index contributed by atoms with van der Waals surface area (Å²) in [4.78, 5) is 19.4. The normalized spacial score (nSPS) is 12.4. The van der Waals surface area contributed by atoms with E-state index < -0.39 is 23.1 Å². The number of nitrogens with two attached hydrogens (primary N) is 1. The molecule has 0 aliphatic rings. The van der Waals surface area contributed by atoms with E-state index in [4.69, 9.17) is 10.2 Å². The maximum absolute atomic E-state index is 13.9. The minimum Gasteiger partial charge on any atom is -0.435 e. The number of rotatable bonds is 5. The van der Waals surface area contributed by atoms with Gasteiger partial charge in [-0.05, 0) is 32.1 Å². The maximum atomic E-state index is 13.9. The van der Waals surface area contributed by atoms with Crippen molar-refractivity contribution in [3.05, 3.63) is 59.6 Å². The number of benzene rings is 1. The van der Waals surface area contributed by atoms with E-state index in [0.717, 1.165) is 12.1 Å². The summed E-state index contributed by atoms with van der Waals surface area (Å²) < 4.78 is 33.3. The first-order valence-electron chi connectivity index (χ1n) is 7.05. The Kier molecular flexibility index (Phi) is 5.36. The number of oxazole rings is 1. The number of aliphatic imine (C=N–C) groups is 1. The zero-order chi connectivity index (χ0) is 17.7. The van der Waals surface area contributed by atoms with Crippen LogP contribution in [0.3, 0.4) is 0 Å². The molecule has 1 aromatic carbocycles. The molecule has 0 aliphatic carbocycles. The molecule has 0 fully saturated rings. The number of hydrogen-bond acceptors (Lipinski definition) is 4. The van der Waals surface area contributed by atoms with E-state index in [1.54, 1.807) is 32.2 Å². The van der Waals surface area contributed by atoms with E-state index in [2.05, 4.69) is 9.98 Å². The average molecular weight is 331 g/mol. The third kappa shape index (κ3) is 3.45. The van der Waals surface area contributed by atoms with Gasteiger partial charge in [0.2, 0.25) is 5.89 Å². The number of carbonyl (C=O) groups excluding carboxylic acids is 1. The topological polar surface area (TPSA) is 81.5 Å². The van der Waals surface area contributed by atoms with Gasteiger partial charge in [0.1, 0.15) is 17.2 Å². The fraction of sp³-hybridized carbons (Fsp3) is 0.118. The van der Waals surface area contributed by atoms with E-state index >= 15 is 0 Å². The summed E-state index contributed by atoms with van der Waals surface area (Å²) in [5.41, 5.74) is 5.07. The van der Waals surface area contributed by atoms with Gasteiger partial charge in [0, 0.05) is 18.0 Å². The summed E-state index contributed by atoms with van der Waals surface area (Å²) in [5.74, 6) is -2.92. The molecule has 0 radical (unpaired) electrons. The zero-order valence-electron chi connectivity index (χ0n) is 13.1. The Hall–Kier alpha value is -3.09. The van der Waals surface area contributed by atoms with Crippen LogP contribution in [0.5, 0.6) is 0 Å². The molecule has 2 rings (SSSR count). The number of hydrogen-bond donors (Lipinski definition) is 1. The van der Waals surface area contributed by atoms with Gasteiger partial charge >= 0.3 is 0 Å². The Morgan fingerprint density at radius 2 is 1.96 bits per heavy atom. The van der Waals surface area contributed by atoms with Crippen molar-refractivity contribution < 1.29 is 18.0 Å². The standard InChI is InChI=1S/C17H15F2N3O2/c1-3-10(8-9-21-4-2)15-14(16(20)23)22-17(24-15)13-11(18)6-5-7-12(13)19/h3-9H,1-2H3,(H2,20,23)/b9-8-,10-3+,21-4?. The molecule has 1 aromatic heterocycles. The van der Waals surface area contributed by atoms with Crippen LogP contribution in [-0.4, -0.2) is 17.1 Å². The molecule has 5 nitrogen and oxygen atoms in total. The summed E-state index contributed by atoms with van der Waals surface area (Å²) in [5, 5.41) is 0. The van der Waals surface area contributed by atoms with Crippen molar-refractivity contribution in [2.24, 2.45) is 10.7 Å². The molecule has 0 spiro atoms. The quantitative estimate of drug-likeness (QED) is 0.669. The molecule has 2 N–H and O–H groups in total. The molecule has 0 aliphatic heterocycles. The molecule has 7 heteroatoms. The molecular weight excluding hydrogens is 316 g/mol. The van der Waals surface area contributed by atoms with Gasteiger partial charge in [-0.2, -0.15) is 0 Å². The fourth-order valence-corrected chi connectivity index (χ4v) is 2.00. The molecular formula is C17H15F2N3O2. The molecule has 0 saturated heterocycles. The lowest BCUT2D eigenvalue weighted by molar-refractivity contribution is 0.0995. The second-order valence-electron chi connectivity index (χ2n) is 4.62. The van der Waals surface area contributed by atoms with Crippen molar-refractivity contribution in [3.63, 3.8) is 0 Å². The molecule has 0 saturated carbocycles. The lowest BCUT2D eigenvalue weighted by Gasteiger charge is -2.00. The van der Waals surface area contributed by atoms with Crippen LogP contribution in [0.4, 0.5) is 8.78 Å². The molecule has 0 bridgehead atoms. The molecule has 1 amide bonds. The molecule has 1 heterocycles. The van der Waals surface area contributed by atoms with Gasteiger partial charge in [-0.15, -0.1) is 0 Å². The molecule has 0 unspecified atom stereocenters. The van der Waals surface area contributed by atoms with Gasteiger partial charge < -0.3 is 10.2 Å². The number of aromatic nitrogens is 1. The van der Waals surface area contributed by atoms with Gasteiger partial charge in [0.25, 0.3) is 5.91 Å². The highest BCUT2D eigenvalue weighted by Gasteiger charge is 2.24. The number of halogens is 2. The van der Waals surface area contributed by atoms with Gasteiger partial charge in [-0.1, -0.05) is 12.1 Å². The van der Waals surface area contributed by atoms with E-state index in [1.807, 2.05) is 0 Å². The van der Waals surface area contributed by atoms with Crippen LogP contribution in [0.15, 0.2) is 46.0 Å². The van der Waals surface area contributed by atoms with Crippen molar-refractivity contribution in [1.29, 1.82) is 0 Å². The monoisotopic (exact) mass is 331 g/mol. The molecule has 0 atom stereocenters. The smallest absolute Gasteiger partial charge is 0.271 e. The Labute approximate surface area is 137 Å². The Morgan fingerprint density at radius 3 is 2.50 bits per heavy atom. The Balaban J connectivity index is 2.62. The second kappa shape index (κ2) is 7.45. The minimum atomic E-state index is -0.872. The molecule has 2 aromatic rings. The second-order valence-corrected chi connectivity index (χ2v) is 4.62. The summed E-state index contributed by atoms with van der Waals surface area (Å²) in [6.07, 6.45) is 6.25. The van der Waals surface area contributed by atoms with Gasteiger partial charge in [0.05, 0.1) is 0 Å². The van der Waals surface area contributed by atoms with E-state index in [9.17, 15) is 13.6 Å². The zero-order valence-corrected chi connectivity index (χ0v) is 13.1. The van der Waals surface area contributed by atoms with Crippen molar-refractivity contribution in [1.82, 2.24) is 4.98 Å². The largest absolute Gasteiger partial charge is 0.435 e. The minimum absolute atomic E-state index is 0.0187. The number of carbonyl (C=O) groups is 1. The predicted molar refractivity (Wildman–Crippen MR) is 87.3 cm³/mol.